The van der Waals surface area contributed by atoms with Gasteiger partial charge < -0.3 is 0 Å². The maximum Gasteiger partial charge on any atom is 0.333 e. The van der Waals surface area contributed by atoms with E-state index in [0.717, 1.165) is 0 Å². The van der Waals surface area contributed by atoms with Crippen molar-refractivity contribution in [3.05, 3.63) is 28.8 Å². The predicted molar refractivity (Wildman–Crippen MR) is 84.5 cm³/mol. The van der Waals surface area contributed by atoms with E-state index in [-0.39, 0.29) is 28.7 Å². The molecule has 1 unspecified atom stereocenters. The lowest BCUT2D eigenvalue weighted by molar-refractivity contribution is 0.0538. The summed E-state index contributed by atoms with van der Waals surface area (Å²) in [4.78, 5) is -0.211. The summed E-state index contributed by atoms with van der Waals surface area (Å²) in [7, 11) is -3.94. The van der Waals surface area contributed by atoms with Gasteiger partial charge in [0.15, 0.2) is 0 Å². The van der Waals surface area contributed by atoms with E-state index in [0.29, 0.717) is 16.2 Å². The lowest BCUT2D eigenvalue weighted by Crippen LogP contribution is -2.31. The number of aryl methyl sites for hydroxylation is 1. The zero-order valence-electron chi connectivity index (χ0n) is 13.4. The molecule has 0 spiro atoms. The van der Waals surface area contributed by atoms with E-state index in [9.17, 15) is 17.2 Å². The molecule has 0 saturated carbocycles. The van der Waals surface area contributed by atoms with Crippen LogP contribution in [0, 0.1) is 19.8 Å². The highest BCUT2D eigenvalue weighted by atomic mass is 35.5. The van der Waals surface area contributed by atoms with Gasteiger partial charge in [-0.1, -0.05) is 18.5 Å². The second-order valence-electron chi connectivity index (χ2n) is 5.56. The molecule has 2 aromatic rings. The fraction of sp³-hybridized carbons (Fsp3) is 0.538. The number of hydrogen-bond acceptors (Lipinski definition) is 4. The van der Waals surface area contributed by atoms with Crippen molar-refractivity contribution >= 4 is 21.6 Å². The highest BCUT2D eigenvalue weighted by Gasteiger charge is 2.27. The fourth-order valence-corrected chi connectivity index (χ4v) is 4.09. The largest absolute Gasteiger partial charge is 0.333 e. The Kier molecular flexibility index (Phi) is 5.61. The van der Waals surface area contributed by atoms with Crippen LogP contribution in [0.3, 0.4) is 0 Å². The zero-order chi connectivity index (χ0) is 18.1. The summed E-state index contributed by atoms with van der Waals surface area (Å²) in [6.07, 6.45) is 3.12. The summed E-state index contributed by atoms with van der Waals surface area (Å²) < 4.78 is 54.9. The lowest BCUT2D eigenvalue weighted by atomic mass is 10.2. The average Bonchev–Trinajstić information content (AvgIpc) is 3.00. The molecule has 0 aliphatic carbocycles. The van der Waals surface area contributed by atoms with Gasteiger partial charge in [0, 0.05) is 19.3 Å². The van der Waals surface area contributed by atoms with Crippen molar-refractivity contribution in [1.82, 2.24) is 24.3 Å². The Hall–Kier alpha value is -1.52. The van der Waals surface area contributed by atoms with Crippen molar-refractivity contribution in [2.24, 2.45) is 5.92 Å². The molecule has 24 heavy (non-hydrogen) atoms. The smallest absolute Gasteiger partial charge is 0.271 e. The van der Waals surface area contributed by atoms with Crippen molar-refractivity contribution in [2.75, 3.05) is 6.54 Å². The second-order valence-corrected chi connectivity index (χ2v) is 7.70. The van der Waals surface area contributed by atoms with Crippen LogP contribution in [0.4, 0.5) is 8.78 Å². The Balaban J connectivity index is 2.09. The maximum absolute atomic E-state index is 12.8. The lowest BCUT2D eigenvalue weighted by Gasteiger charge is -2.13. The zero-order valence-corrected chi connectivity index (χ0v) is 14.9. The number of rotatable bonds is 7. The van der Waals surface area contributed by atoms with Gasteiger partial charge >= 0.3 is 6.55 Å². The average molecular weight is 382 g/mol. The summed E-state index contributed by atoms with van der Waals surface area (Å²) in [6.45, 7) is 2.21. The monoisotopic (exact) mass is 381 g/mol. The van der Waals surface area contributed by atoms with E-state index < -0.39 is 16.6 Å². The molecule has 7 nitrogen and oxygen atoms in total. The molecule has 0 aliphatic rings. The Morgan fingerprint density at radius 3 is 2.54 bits per heavy atom. The van der Waals surface area contributed by atoms with Gasteiger partial charge in [0.25, 0.3) is 0 Å². The number of aromatic nitrogens is 4. The van der Waals surface area contributed by atoms with Gasteiger partial charge in [0.05, 0.1) is 22.6 Å². The Morgan fingerprint density at radius 2 is 2.04 bits per heavy atom. The molecule has 0 radical (unpaired) electrons. The first-order valence-corrected chi connectivity index (χ1v) is 8.99. The molecule has 0 aliphatic heterocycles. The van der Waals surface area contributed by atoms with Crippen LogP contribution >= 0.6 is 11.6 Å². The van der Waals surface area contributed by atoms with Gasteiger partial charge in [0.1, 0.15) is 4.90 Å². The predicted octanol–water partition coefficient (Wildman–Crippen LogP) is 2.36. The Labute approximate surface area is 143 Å². The van der Waals surface area contributed by atoms with Crippen LogP contribution in [0.25, 0.3) is 0 Å². The van der Waals surface area contributed by atoms with Crippen molar-refractivity contribution < 1.29 is 17.2 Å². The number of sulfonamides is 1. The van der Waals surface area contributed by atoms with Crippen LogP contribution in [0.5, 0.6) is 0 Å². The van der Waals surface area contributed by atoms with E-state index in [1.807, 2.05) is 6.92 Å². The van der Waals surface area contributed by atoms with Crippen molar-refractivity contribution in [3.63, 3.8) is 0 Å². The third-order valence-electron chi connectivity index (χ3n) is 3.43. The second kappa shape index (κ2) is 7.16. The first kappa shape index (κ1) is 18.8. The summed E-state index contributed by atoms with van der Waals surface area (Å²) in [6, 6.07) is 0. The quantitative estimate of drug-likeness (QED) is 0.798. The van der Waals surface area contributed by atoms with Crippen LogP contribution in [0.2, 0.25) is 5.02 Å². The molecule has 1 N–H and O–H groups in total. The first-order chi connectivity index (χ1) is 11.1. The van der Waals surface area contributed by atoms with Gasteiger partial charge in [-0.3, -0.25) is 4.68 Å². The van der Waals surface area contributed by atoms with Crippen molar-refractivity contribution in [2.45, 2.75) is 38.8 Å². The molecule has 11 heteroatoms. The minimum absolute atomic E-state index is 0.0341. The van der Waals surface area contributed by atoms with Gasteiger partial charge in [-0.25, -0.2) is 17.8 Å². The van der Waals surface area contributed by atoms with E-state index in [2.05, 4.69) is 14.9 Å². The summed E-state index contributed by atoms with van der Waals surface area (Å²) in [5, 5.41) is 8.11. The highest BCUT2D eigenvalue weighted by molar-refractivity contribution is 7.89. The number of halogens is 3. The highest BCUT2D eigenvalue weighted by Crippen LogP contribution is 2.23. The van der Waals surface area contributed by atoms with Gasteiger partial charge in [-0.15, -0.1) is 0 Å². The van der Waals surface area contributed by atoms with Gasteiger partial charge in [-0.2, -0.15) is 19.0 Å². The summed E-state index contributed by atoms with van der Waals surface area (Å²) >= 11 is 5.77. The molecular weight excluding hydrogens is 364 g/mol. The summed E-state index contributed by atoms with van der Waals surface area (Å²) in [5.41, 5.74) is -0.0617. The van der Waals surface area contributed by atoms with E-state index >= 15 is 0 Å². The summed E-state index contributed by atoms with van der Waals surface area (Å²) in [5.74, 6) is -0.0819. The van der Waals surface area contributed by atoms with Crippen LogP contribution < -0.4 is 4.72 Å². The van der Waals surface area contributed by atoms with Crippen LogP contribution in [0.15, 0.2) is 17.3 Å². The Morgan fingerprint density at radius 1 is 1.38 bits per heavy atom. The molecular formula is C13H18ClF2N5O2S. The minimum atomic E-state index is -3.94. The topological polar surface area (TPSA) is 81.8 Å². The van der Waals surface area contributed by atoms with Crippen molar-refractivity contribution in [1.29, 1.82) is 0 Å². The van der Waals surface area contributed by atoms with Crippen LogP contribution in [-0.4, -0.2) is 34.5 Å². The fourth-order valence-electron chi connectivity index (χ4n) is 2.37. The third kappa shape index (κ3) is 4.11. The SMILES string of the molecule is Cc1nn(C(F)F)c(C)c1S(=O)(=O)NCC(C)Cn1cc(Cl)cn1. The molecule has 0 aromatic carbocycles. The molecule has 2 aromatic heterocycles. The molecule has 0 fully saturated rings. The number of alkyl halides is 2. The van der Waals surface area contributed by atoms with E-state index in [1.54, 1.807) is 10.9 Å². The molecule has 1 atom stereocenters. The first-order valence-electron chi connectivity index (χ1n) is 7.13. The molecule has 0 bridgehead atoms. The van der Waals surface area contributed by atoms with Crippen LogP contribution in [0.1, 0.15) is 24.9 Å². The Bertz CT molecular complexity index is 818. The van der Waals surface area contributed by atoms with Gasteiger partial charge in [-0.05, 0) is 19.8 Å². The number of nitrogens with one attached hydrogen (secondary N) is 1. The van der Waals surface area contributed by atoms with Crippen LogP contribution in [-0.2, 0) is 16.6 Å². The van der Waals surface area contributed by atoms with E-state index in [4.69, 9.17) is 11.6 Å². The molecule has 0 saturated heterocycles. The normalized spacial score (nSPS) is 13.6. The standard InChI is InChI=1S/C13H18ClF2N5O2S/c1-8(6-20-7-11(14)5-17-20)4-18-24(22,23)12-9(2)19-21(10(12)3)13(15)16/h5,7-8,13,18H,4,6H2,1-3H3. The van der Waals surface area contributed by atoms with Gasteiger partial charge in [0.2, 0.25) is 10.0 Å². The molecule has 134 valence electrons. The maximum atomic E-state index is 12.8. The number of hydrogen-bond donors (Lipinski definition) is 1. The third-order valence-corrected chi connectivity index (χ3v) is 5.30. The molecule has 2 heterocycles. The molecule has 0 amide bonds. The van der Waals surface area contributed by atoms with E-state index in [1.165, 1.54) is 20.0 Å². The molecule has 2 rings (SSSR count). The number of nitrogens with zero attached hydrogens (tertiary/aromatic N) is 4. The van der Waals surface area contributed by atoms with Crippen molar-refractivity contribution in [3.8, 4) is 0 Å². The minimum Gasteiger partial charge on any atom is -0.271 e.